The van der Waals surface area contributed by atoms with Crippen molar-refractivity contribution in [3.05, 3.63) is 22.3 Å². The SMILES string of the molecule is CCCCCCCC(=O)CC[C@@H]1[C@@H](CC=CCCCC(=O)N(C)CCCO[N+](=O)[O-])[C@@H](O)C[C@H]1O. The number of unbranched alkanes of at least 4 members (excludes halogenated alkanes) is 5. The first-order valence-corrected chi connectivity index (χ1v) is 13.3. The van der Waals surface area contributed by atoms with Gasteiger partial charge in [-0.15, -0.1) is 10.1 Å². The standard InChI is InChI=1S/C26H46N2O7/c1-3-4-5-6-9-13-21(29)16-17-23-22(24(30)20-25(23)31)14-10-7-8-11-15-26(32)27(2)18-12-19-35-28(33)34/h7,10,22-25,30-31H,3-6,8-9,11-20H2,1-2H3/t22-,23-,24+,25-/m1/s1. The van der Waals surface area contributed by atoms with Crippen LogP contribution >= 0.6 is 0 Å². The Morgan fingerprint density at radius 1 is 1.00 bits per heavy atom. The number of carbonyl (C=O) groups excluding carboxylic acids is 2. The Balaban J connectivity index is 2.27. The van der Waals surface area contributed by atoms with Crippen molar-refractivity contribution in [1.29, 1.82) is 0 Å². The summed E-state index contributed by atoms with van der Waals surface area (Å²) in [7, 11) is 1.68. The summed E-state index contributed by atoms with van der Waals surface area (Å²) >= 11 is 0. The van der Waals surface area contributed by atoms with Crippen LogP contribution in [0.15, 0.2) is 12.2 Å². The maximum Gasteiger partial charge on any atom is 0.294 e. The minimum Gasteiger partial charge on any atom is -0.393 e. The van der Waals surface area contributed by atoms with Crippen LogP contribution in [-0.2, 0) is 14.4 Å². The lowest BCUT2D eigenvalue weighted by Crippen LogP contribution is -2.28. The highest BCUT2D eigenvalue weighted by molar-refractivity contribution is 5.78. The van der Waals surface area contributed by atoms with Gasteiger partial charge in [-0.3, -0.25) is 9.59 Å². The molecular formula is C26H46N2O7. The van der Waals surface area contributed by atoms with Gasteiger partial charge >= 0.3 is 0 Å². The van der Waals surface area contributed by atoms with Crippen LogP contribution in [0.2, 0.25) is 0 Å². The predicted octanol–water partition coefficient (Wildman–Crippen LogP) is 4.23. The second-order valence-electron chi connectivity index (χ2n) is 9.76. The average Bonchev–Trinajstić information content (AvgIpc) is 3.08. The van der Waals surface area contributed by atoms with Crippen molar-refractivity contribution >= 4 is 11.7 Å². The van der Waals surface area contributed by atoms with E-state index in [1.54, 1.807) is 11.9 Å². The number of aliphatic hydroxyl groups is 2. The Labute approximate surface area is 210 Å². The summed E-state index contributed by atoms with van der Waals surface area (Å²) in [5.74, 6) is 0.134. The highest BCUT2D eigenvalue weighted by Gasteiger charge is 2.40. The molecule has 35 heavy (non-hydrogen) atoms. The van der Waals surface area contributed by atoms with E-state index in [0.29, 0.717) is 57.9 Å². The molecule has 0 bridgehead atoms. The van der Waals surface area contributed by atoms with E-state index in [9.17, 15) is 29.9 Å². The molecule has 1 rings (SSSR count). The van der Waals surface area contributed by atoms with Crippen LogP contribution in [0.25, 0.3) is 0 Å². The van der Waals surface area contributed by atoms with Gasteiger partial charge in [-0.1, -0.05) is 44.8 Å². The molecule has 1 aliphatic carbocycles. The minimum absolute atomic E-state index is 0.0102. The van der Waals surface area contributed by atoms with Crippen LogP contribution < -0.4 is 0 Å². The molecule has 0 radical (unpaired) electrons. The summed E-state index contributed by atoms with van der Waals surface area (Å²) in [4.78, 5) is 40.3. The largest absolute Gasteiger partial charge is 0.393 e. The molecule has 1 amide bonds. The van der Waals surface area contributed by atoms with Gasteiger partial charge in [-0.05, 0) is 56.8 Å². The van der Waals surface area contributed by atoms with Crippen LogP contribution in [0.1, 0.15) is 96.8 Å². The van der Waals surface area contributed by atoms with Crippen molar-refractivity contribution in [2.75, 3.05) is 20.2 Å². The maximum absolute atomic E-state index is 12.2. The molecule has 9 heteroatoms. The molecule has 1 aliphatic rings. The van der Waals surface area contributed by atoms with Gasteiger partial charge in [-0.25, -0.2) is 0 Å². The highest BCUT2D eigenvalue weighted by atomic mass is 16.9. The first kappa shape index (κ1) is 31.0. The fraction of sp³-hybridized carbons (Fsp3) is 0.846. The van der Waals surface area contributed by atoms with Crippen LogP contribution in [-0.4, -0.2) is 64.3 Å². The molecule has 0 aromatic rings. The topological polar surface area (TPSA) is 130 Å². The zero-order valence-electron chi connectivity index (χ0n) is 21.6. The summed E-state index contributed by atoms with van der Waals surface area (Å²) in [6.45, 7) is 2.56. The fourth-order valence-electron chi connectivity index (χ4n) is 4.78. The molecular weight excluding hydrogens is 452 g/mol. The zero-order chi connectivity index (χ0) is 26.1. The Morgan fingerprint density at radius 2 is 1.71 bits per heavy atom. The lowest BCUT2D eigenvalue weighted by atomic mass is 9.86. The maximum atomic E-state index is 12.2. The van der Waals surface area contributed by atoms with Crippen LogP contribution in [0.4, 0.5) is 0 Å². The molecule has 0 heterocycles. The van der Waals surface area contributed by atoms with Crippen LogP contribution in [0.5, 0.6) is 0 Å². The van der Waals surface area contributed by atoms with Crippen molar-refractivity contribution in [2.45, 2.75) is 109 Å². The molecule has 1 saturated carbocycles. The fourth-order valence-corrected chi connectivity index (χ4v) is 4.78. The number of nitrogens with zero attached hydrogens (tertiary/aromatic N) is 2. The van der Waals surface area contributed by atoms with E-state index < -0.39 is 17.3 Å². The molecule has 0 aliphatic heterocycles. The molecule has 0 saturated heterocycles. The Kier molecular flexibility index (Phi) is 16.2. The number of rotatable bonds is 20. The molecule has 4 atom stereocenters. The third kappa shape index (κ3) is 13.6. The van der Waals surface area contributed by atoms with E-state index in [-0.39, 0.29) is 30.1 Å². The third-order valence-electron chi connectivity index (χ3n) is 6.93. The smallest absolute Gasteiger partial charge is 0.294 e. The molecule has 0 spiro atoms. The van der Waals surface area contributed by atoms with E-state index >= 15 is 0 Å². The number of allylic oxidation sites excluding steroid dienone is 2. The molecule has 0 aromatic carbocycles. The van der Waals surface area contributed by atoms with Gasteiger partial charge in [0.05, 0.1) is 18.8 Å². The normalized spacial score (nSPS) is 21.9. The minimum atomic E-state index is -0.836. The summed E-state index contributed by atoms with van der Waals surface area (Å²) in [5.41, 5.74) is 0. The highest BCUT2D eigenvalue weighted by Crippen LogP contribution is 2.38. The van der Waals surface area contributed by atoms with Gasteiger partial charge in [-0.2, -0.15) is 0 Å². The monoisotopic (exact) mass is 498 g/mol. The van der Waals surface area contributed by atoms with Gasteiger partial charge < -0.3 is 20.0 Å². The van der Waals surface area contributed by atoms with Crippen LogP contribution in [0.3, 0.4) is 0 Å². The van der Waals surface area contributed by atoms with E-state index in [0.717, 1.165) is 19.3 Å². The number of ketones is 1. The van der Waals surface area contributed by atoms with Crippen LogP contribution in [0, 0.1) is 22.0 Å². The summed E-state index contributed by atoms with van der Waals surface area (Å²) in [6, 6.07) is 0. The first-order valence-electron chi connectivity index (χ1n) is 13.3. The molecule has 9 nitrogen and oxygen atoms in total. The predicted molar refractivity (Wildman–Crippen MR) is 134 cm³/mol. The second-order valence-corrected chi connectivity index (χ2v) is 9.76. The van der Waals surface area contributed by atoms with Crippen molar-refractivity contribution in [3.8, 4) is 0 Å². The number of carbonyl (C=O) groups is 2. The van der Waals surface area contributed by atoms with Crippen molar-refractivity contribution in [3.63, 3.8) is 0 Å². The summed E-state index contributed by atoms with van der Waals surface area (Å²) in [5, 5.41) is 30.1. The second kappa shape index (κ2) is 18.3. The van der Waals surface area contributed by atoms with E-state index in [2.05, 4.69) is 11.8 Å². The summed E-state index contributed by atoms with van der Waals surface area (Å²) in [6.07, 6.45) is 13.5. The van der Waals surface area contributed by atoms with Gasteiger partial charge in [0, 0.05) is 32.9 Å². The first-order chi connectivity index (χ1) is 16.8. The van der Waals surface area contributed by atoms with E-state index in [4.69, 9.17) is 0 Å². The van der Waals surface area contributed by atoms with Crippen molar-refractivity contribution < 1.29 is 29.7 Å². The molecule has 202 valence electrons. The third-order valence-corrected chi connectivity index (χ3v) is 6.93. The van der Waals surface area contributed by atoms with Gasteiger partial charge in [0.25, 0.3) is 5.09 Å². The number of hydrogen-bond acceptors (Lipinski definition) is 7. The lowest BCUT2D eigenvalue weighted by molar-refractivity contribution is -0.757. The molecule has 0 unspecified atom stereocenters. The number of amides is 1. The van der Waals surface area contributed by atoms with Gasteiger partial charge in [0.2, 0.25) is 5.91 Å². The quantitative estimate of drug-likeness (QED) is 0.111. The molecule has 1 fully saturated rings. The lowest BCUT2D eigenvalue weighted by Gasteiger charge is -2.22. The number of aliphatic hydroxyl groups excluding tert-OH is 2. The van der Waals surface area contributed by atoms with Gasteiger partial charge in [0.1, 0.15) is 5.78 Å². The van der Waals surface area contributed by atoms with Gasteiger partial charge in [0.15, 0.2) is 0 Å². The molecule has 0 aromatic heterocycles. The Bertz CT molecular complexity index is 656. The van der Waals surface area contributed by atoms with E-state index in [1.807, 2.05) is 12.2 Å². The molecule has 2 N–H and O–H groups in total. The zero-order valence-corrected chi connectivity index (χ0v) is 21.6. The van der Waals surface area contributed by atoms with Crippen molar-refractivity contribution in [2.24, 2.45) is 11.8 Å². The average molecular weight is 499 g/mol. The summed E-state index contributed by atoms with van der Waals surface area (Å²) < 4.78 is 0. The van der Waals surface area contributed by atoms with E-state index in [1.165, 1.54) is 19.3 Å². The number of Topliss-reactive ketones (excluding diaryl/α,β-unsaturated/α-hetero) is 1. The number of hydrogen-bond donors (Lipinski definition) is 2. The van der Waals surface area contributed by atoms with Crippen molar-refractivity contribution in [1.82, 2.24) is 4.90 Å². The Morgan fingerprint density at radius 3 is 2.43 bits per heavy atom. The Hall–Kier alpha value is -2.00.